The summed E-state index contributed by atoms with van der Waals surface area (Å²) in [6.45, 7) is 0. The van der Waals surface area contributed by atoms with Gasteiger partial charge in [0.2, 0.25) is 0 Å². The summed E-state index contributed by atoms with van der Waals surface area (Å²) in [6, 6.07) is 3.60. The molecule has 8 heteroatoms. The predicted octanol–water partition coefficient (Wildman–Crippen LogP) is 3.42. The van der Waals surface area contributed by atoms with Crippen molar-refractivity contribution in [2.75, 3.05) is 0 Å². The van der Waals surface area contributed by atoms with E-state index in [1.165, 1.54) is 29.2 Å². The maximum atomic E-state index is 13.5. The SMILES string of the molecule is Fc1ccc(-n2ccnc2)c(-c2cn[nH]c2C(F)(F)F)c1. The molecule has 2 aromatic heterocycles. The third kappa shape index (κ3) is 2.39. The number of alkyl halides is 3. The maximum absolute atomic E-state index is 13.5. The van der Waals surface area contributed by atoms with Gasteiger partial charge in [0.05, 0.1) is 18.2 Å². The average molecular weight is 296 g/mol. The number of halogens is 4. The molecule has 4 nitrogen and oxygen atoms in total. The molecule has 0 radical (unpaired) electrons. The molecule has 0 amide bonds. The Kier molecular flexibility index (Phi) is 3.00. The van der Waals surface area contributed by atoms with Gasteiger partial charge in [-0.2, -0.15) is 18.3 Å². The number of nitrogens with one attached hydrogen (secondary N) is 1. The largest absolute Gasteiger partial charge is 0.433 e. The van der Waals surface area contributed by atoms with Crippen LogP contribution in [0.25, 0.3) is 16.8 Å². The second kappa shape index (κ2) is 4.72. The van der Waals surface area contributed by atoms with Gasteiger partial charge in [-0.1, -0.05) is 0 Å². The zero-order chi connectivity index (χ0) is 15.0. The molecule has 1 N–H and O–H groups in total. The lowest BCUT2D eigenvalue weighted by Gasteiger charge is -2.12. The van der Waals surface area contributed by atoms with Gasteiger partial charge < -0.3 is 4.57 Å². The number of rotatable bonds is 2. The van der Waals surface area contributed by atoms with E-state index < -0.39 is 17.7 Å². The van der Waals surface area contributed by atoms with Gasteiger partial charge in [-0.3, -0.25) is 5.10 Å². The Morgan fingerprint density at radius 1 is 1.14 bits per heavy atom. The van der Waals surface area contributed by atoms with Crippen LogP contribution in [0.15, 0.2) is 43.1 Å². The lowest BCUT2D eigenvalue weighted by Crippen LogP contribution is -2.08. The third-order valence-electron chi connectivity index (χ3n) is 2.95. The van der Waals surface area contributed by atoms with Crippen LogP contribution in [0.5, 0.6) is 0 Å². The molecule has 0 aliphatic heterocycles. The summed E-state index contributed by atoms with van der Waals surface area (Å²) in [5.74, 6) is -0.636. The Balaban J connectivity index is 2.24. The summed E-state index contributed by atoms with van der Waals surface area (Å²) in [5, 5.41) is 5.34. The van der Waals surface area contributed by atoms with E-state index in [0.29, 0.717) is 5.69 Å². The monoisotopic (exact) mass is 296 g/mol. The van der Waals surface area contributed by atoms with Crippen molar-refractivity contribution in [3.8, 4) is 16.8 Å². The number of H-pyrrole nitrogens is 1. The van der Waals surface area contributed by atoms with E-state index >= 15 is 0 Å². The Morgan fingerprint density at radius 2 is 1.95 bits per heavy atom. The molecule has 0 bridgehead atoms. The predicted molar refractivity (Wildman–Crippen MR) is 66.1 cm³/mol. The van der Waals surface area contributed by atoms with Crippen LogP contribution in [0.3, 0.4) is 0 Å². The first-order valence-electron chi connectivity index (χ1n) is 5.85. The molecule has 0 atom stereocenters. The van der Waals surface area contributed by atoms with Crippen molar-refractivity contribution in [1.29, 1.82) is 0 Å². The first kappa shape index (κ1) is 13.3. The first-order valence-corrected chi connectivity index (χ1v) is 5.85. The topological polar surface area (TPSA) is 46.5 Å². The number of hydrogen-bond donors (Lipinski definition) is 1. The quantitative estimate of drug-likeness (QED) is 0.737. The number of imidazole rings is 1. The number of hydrogen-bond acceptors (Lipinski definition) is 2. The minimum atomic E-state index is -4.61. The number of nitrogens with zero attached hydrogens (tertiary/aromatic N) is 3. The number of benzene rings is 1. The molecule has 21 heavy (non-hydrogen) atoms. The fourth-order valence-corrected chi connectivity index (χ4v) is 2.06. The summed E-state index contributed by atoms with van der Waals surface area (Å²) in [7, 11) is 0. The molecule has 0 aliphatic rings. The van der Waals surface area contributed by atoms with Crippen molar-refractivity contribution >= 4 is 0 Å². The van der Waals surface area contributed by atoms with Crippen molar-refractivity contribution in [1.82, 2.24) is 19.7 Å². The van der Waals surface area contributed by atoms with Crippen LogP contribution in [0, 0.1) is 5.82 Å². The molecule has 0 fully saturated rings. The molecule has 0 aliphatic carbocycles. The lowest BCUT2D eigenvalue weighted by molar-refractivity contribution is -0.140. The molecule has 3 aromatic rings. The summed E-state index contributed by atoms with van der Waals surface area (Å²) in [6.07, 6.45) is 0.879. The van der Waals surface area contributed by atoms with Gasteiger partial charge in [0.25, 0.3) is 0 Å². The van der Waals surface area contributed by atoms with Gasteiger partial charge in [-0.05, 0) is 18.2 Å². The molecule has 1 aromatic carbocycles. The van der Waals surface area contributed by atoms with Gasteiger partial charge in [-0.25, -0.2) is 9.37 Å². The van der Waals surface area contributed by atoms with Gasteiger partial charge in [0.15, 0.2) is 0 Å². The van der Waals surface area contributed by atoms with Crippen molar-refractivity contribution in [3.05, 3.63) is 54.6 Å². The molecular weight excluding hydrogens is 288 g/mol. The van der Waals surface area contributed by atoms with E-state index in [4.69, 9.17) is 0 Å². The standard InChI is InChI=1S/C13H8F4N4/c14-8-1-2-11(21-4-3-18-7-21)9(5-8)10-6-19-20-12(10)13(15,16)17/h1-7H,(H,19,20). The molecular formula is C13H8F4N4. The maximum Gasteiger partial charge on any atom is 0.433 e. The lowest BCUT2D eigenvalue weighted by atomic mass is 10.0. The Morgan fingerprint density at radius 3 is 2.62 bits per heavy atom. The zero-order valence-electron chi connectivity index (χ0n) is 10.4. The summed E-state index contributed by atoms with van der Waals surface area (Å²) in [4.78, 5) is 3.84. The van der Waals surface area contributed by atoms with E-state index in [-0.39, 0.29) is 11.1 Å². The van der Waals surface area contributed by atoms with Crippen LogP contribution >= 0.6 is 0 Å². The smallest absolute Gasteiger partial charge is 0.306 e. The summed E-state index contributed by atoms with van der Waals surface area (Å²) in [5.41, 5.74) is -0.782. The fraction of sp³-hybridized carbons (Fsp3) is 0.0769. The third-order valence-corrected chi connectivity index (χ3v) is 2.95. The van der Waals surface area contributed by atoms with Crippen LogP contribution in [0.4, 0.5) is 17.6 Å². The fourth-order valence-electron chi connectivity index (χ4n) is 2.06. The van der Waals surface area contributed by atoms with Gasteiger partial charge in [0.1, 0.15) is 11.5 Å². The van der Waals surface area contributed by atoms with E-state index in [1.54, 1.807) is 6.20 Å². The molecule has 108 valence electrons. The Bertz CT molecular complexity index is 759. The molecule has 0 spiro atoms. The summed E-state index contributed by atoms with van der Waals surface area (Å²) >= 11 is 0. The van der Waals surface area contributed by atoms with E-state index in [1.807, 2.05) is 5.10 Å². The van der Waals surface area contributed by atoms with E-state index in [9.17, 15) is 17.6 Å². The Hall–Kier alpha value is -2.64. The zero-order valence-corrected chi connectivity index (χ0v) is 10.4. The van der Waals surface area contributed by atoms with E-state index in [2.05, 4.69) is 10.1 Å². The minimum Gasteiger partial charge on any atom is -0.306 e. The molecule has 3 rings (SSSR count). The average Bonchev–Trinajstić information content (AvgIpc) is 3.09. The highest BCUT2D eigenvalue weighted by atomic mass is 19.4. The number of aromatic nitrogens is 4. The highest BCUT2D eigenvalue weighted by Gasteiger charge is 2.36. The second-order valence-corrected chi connectivity index (χ2v) is 4.29. The highest BCUT2D eigenvalue weighted by Crippen LogP contribution is 2.37. The van der Waals surface area contributed by atoms with Crippen LogP contribution in [0.2, 0.25) is 0 Å². The van der Waals surface area contributed by atoms with Crippen molar-refractivity contribution < 1.29 is 17.6 Å². The van der Waals surface area contributed by atoms with Gasteiger partial charge in [-0.15, -0.1) is 0 Å². The van der Waals surface area contributed by atoms with Crippen LogP contribution in [0.1, 0.15) is 5.69 Å². The molecule has 2 heterocycles. The van der Waals surface area contributed by atoms with Crippen molar-refractivity contribution in [2.24, 2.45) is 0 Å². The molecule has 0 saturated heterocycles. The minimum absolute atomic E-state index is 0.0778. The van der Waals surface area contributed by atoms with Crippen molar-refractivity contribution in [2.45, 2.75) is 6.18 Å². The molecule has 0 unspecified atom stereocenters. The first-order chi connectivity index (χ1) is 9.97. The van der Waals surface area contributed by atoms with Crippen molar-refractivity contribution in [3.63, 3.8) is 0 Å². The van der Waals surface area contributed by atoms with Gasteiger partial charge >= 0.3 is 6.18 Å². The Labute approximate surface area is 116 Å². The van der Waals surface area contributed by atoms with Crippen LogP contribution in [-0.2, 0) is 6.18 Å². The summed E-state index contributed by atoms with van der Waals surface area (Å²) < 4.78 is 53.8. The molecule has 0 saturated carbocycles. The second-order valence-electron chi connectivity index (χ2n) is 4.29. The normalized spacial score (nSPS) is 11.8. The highest BCUT2D eigenvalue weighted by molar-refractivity contribution is 5.74. The van der Waals surface area contributed by atoms with E-state index in [0.717, 1.165) is 12.3 Å². The number of aromatic amines is 1. The van der Waals surface area contributed by atoms with Crippen LogP contribution in [-0.4, -0.2) is 19.7 Å². The van der Waals surface area contributed by atoms with Gasteiger partial charge in [0, 0.05) is 23.5 Å². The van der Waals surface area contributed by atoms with Crippen LogP contribution < -0.4 is 0 Å².